The Labute approximate surface area is 184 Å². The van der Waals surface area contributed by atoms with Crippen molar-refractivity contribution in [2.45, 2.75) is 50.0 Å². The number of nitrogens with zero attached hydrogens (tertiary/aromatic N) is 1. The molecule has 2 aliphatic rings. The third-order valence-electron chi connectivity index (χ3n) is 6.00. The van der Waals surface area contributed by atoms with Gasteiger partial charge in [0, 0.05) is 25.9 Å². The minimum Gasteiger partial charge on any atom is -0.383 e. The van der Waals surface area contributed by atoms with Gasteiger partial charge in [0.05, 0.1) is 11.5 Å². The normalized spacial score (nSPS) is 16.5. The molecule has 0 saturated carbocycles. The van der Waals surface area contributed by atoms with Gasteiger partial charge < -0.3 is 15.4 Å². The van der Waals surface area contributed by atoms with Crippen LogP contribution in [-0.4, -0.2) is 30.5 Å². The molecule has 0 aliphatic heterocycles. The molecular formula is C23H30N4O3S. The van der Waals surface area contributed by atoms with Crippen LogP contribution in [0.15, 0.2) is 39.6 Å². The smallest absolute Gasteiger partial charge is 0.354 e. The Morgan fingerprint density at radius 1 is 1.10 bits per heavy atom. The van der Waals surface area contributed by atoms with E-state index < -0.39 is 15.9 Å². The van der Waals surface area contributed by atoms with E-state index in [0.717, 1.165) is 56.3 Å². The lowest BCUT2D eigenvalue weighted by molar-refractivity contribution is 0.199. The summed E-state index contributed by atoms with van der Waals surface area (Å²) in [5.41, 5.74) is 6.95. The minimum atomic E-state index is -3.33. The van der Waals surface area contributed by atoms with Crippen molar-refractivity contribution in [2.24, 2.45) is 9.50 Å². The van der Waals surface area contributed by atoms with E-state index in [4.69, 9.17) is 9.88 Å². The number of hydrogen-bond donors (Lipinski definition) is 3. The number of carbonyl (C=O) groups is 1. The molecule has 0 bridgehead atoms. The molecule has 7 nitrogen and oxygen atoms in total. The highest BCUT2D eigenvalue weighted by molar-refractivity contribution is 7.91. The third kappa shape index (κ3) is 4.98. The Bertz CT molecular complexity index is 1060. The molecule has 4 rings (SSSR count). The summed E-state index contributed by atoms with van der Waals surface area (Å²) in [6.07, 6.45) is 6.19. The van der Waals surface area contributed by atoms with Crippen LogP contribution in [0.25, 0.3) is 0 Å². The summed E-state index contributed by atoms with van der Waals surface area (Å²) in [7, 11) is -1.67. The molecule has 2 aromatic carbocycles. The predicted molar refractivity (Wildman–Crippen MR) is 123 cm³/mol. The van der Waals surface area contributed by atoms with E-state index in [1.807, 2.05) is 12.1 Å². The van der Waals surface area contributed by atoms with Crippen LogP contribution < -0.4 is 15.8 Å². The summed E-state index contributed by atoms with van der Waals surface area (Å²) in [6, 6.07) is 8.68. The monoisotopic (exact) mass is 442 g/mol. The number of urea groups is 1. The van der Waals surface area contributed by atoms with Gasteiger partial charge in [-0.3, -0.25) is 0 Å². The van der Waals surface area contributed by atoms with Crippen molar-refractivity contribution in [3.8, 4) is 0 Å². The summed E-state index contributed by atoms with van der Waals surface area (Å²) in [6.45, 7) is 2.04. The number of ether oxygens (including phenoxy) is 1. The molecule has 0 spiro atoms. The number of anilines is 1. The fourth-order valence-electron chi connectivity index (χ4n) is 4.48. The first-order chi connectivity index (χ1) is 15.0. The van der Waals surface area contributed by atoms with Crippen molar-refractivity contribution in [1.29, 1.82) is 0 Å². The number of benzene rings is 2. The molecule has 0 radical (unpaired) electrons. The minimum absolute atomic E-state index is 0.340. The van der Waals surface area contributed by atoms with Gasteiger partial charge in [0.2, 0.25) is 0 Å². The quantitative estimate of drug-likeness (QED) is 0.572. The van der Waals surface area contributed by atoms with Gasteiger partial charge in [0.15, 0.2) is 0 Å². The molecule has 0 unspecified atom stereocenters. The Kier molecular flexibility index (Phi) is 6.71. The van der Waals surface area contributed by atoms with Gasteiger partial charge in [-0.2, -0.15) is 0 Å². The predicted octanol–water partition coefficient (Wildman–Crippen LogP) is 3.33. The number of hydrogen-bond acceptors (Lipinski definition) is 4. The zero-order chi connectivity index (χ0) is 21.8. The lowest BCUT2D eigenvalue weighted by Gasteiger charge is -2.15. The summed E-state index contributed by atoms with van der Waals surface area (Å²) in [4.78, 5) is 13.1. The zero-order valence-corrected chi connectivity index (χ0v) is 18.7. The number of aryl methyl sites for hydroxylation is 2. The number of fused-ring (bicyclic) bond motifs is 2. The van der Waals surface area contributed by atoms with Crippen LogP contribution in [0.2, 0.25) is 0 Å². The van der Waals surface area contributed by atoms with E-state index in [2.05, 4.69) is 21.1 Å². The molecule has 31 heavy (non-hydrogen) atoms. The van der Waals surface area contributed by atoms with Crippen molar-refractivity contribution < 1.29 is 13.7 Å². The molecule has 2 amide bonds. The number of rotatable bonds is 7. The van der Waals surface area contributed by atoms with E-state index in [-0.39, 0.29) is 0 Å². The fourth-order valence-corrected chi connectivity index (χ4v) is 5.41. The van der Waals surface area contributed by atoms with Crippen LogP contribution in [0.1, 0.15) is 40.7 Å². The average molecular weight is 443 g/mol. The van der Waals surface area contributed by atoms with Gasteiger partial charge in [-0.15, -0.1) is 4.36 Å². The Morgan fingerprint density at radius 2 is 1.74 bits per heavy atom. The highest BCUT2D eigenvalue weighted by Gasteiger charge is 2.25. The highest BCUT2D eigenvalue weighted by atomic mass is 32.2. The summed E-state index contributed by atoms with van der Waals surface area (Å²) in [5, 5.41) is 12.2. The number of nitrogens with two attached hydrogens (primary N) is 1. The summed E-state index contributed by atoms with van der Waals surface area (Å²) in [5.74, 6) is 0. The first-order valence-electron chi connectivity index (χ1n) is 10.8. The van der Waals surface area contributed by atoms with Crippen molar-refractivity contribution in [3.05, 3.63) is 58.1 Å². The molecule has 1 atom stereocenters. The summed E-state index contributed by atoms with van der Waals surface area (Å²) >= 11 is 0. The van der Waals surface area contributed by atoms with Crippen molar-refractivity contribution in [1.82, 2.24) is 5.32 Å². The van der Waals surface area contributed by atoms with Crippen LogP contribution in [0.5, 0.6) is 0 Å². The zero-order valence-electron chi connectivity index (χ0n) is 17.9. The highest BCUT2D eigenvalue weighted by Crippen LogP contribution is 2.38. The Hall–Kier alpha value is -2.26. The number of amides is 2. The van der Waals surface area contributed by atoms with Crippen LogP contribution in [0.4, 0.5) is 10.5 Å². The number of carbonyl (C=O) groups excluding carboxylic acids is 1. The van der Waals surface area contributed by atoms with E-state index >= 15 is 0 Å². The van der Waals surface area contributed by atoms with Gasteiger partial charge in [0.25, 0.3) is 0 Å². The standard InChI is InChI=1S/C23H30N4O3S/c1-30-13-12-25-15-16-8-10-19(11-9-16)31(24,29)27-23(28)26-22-20-6-2-4-17(20)14-18-5-3-7-21(18)22/h8-11,14,25H,2-7,12-13,15H2,1H3,(H3,24,26,27,28,29)/t31-/m1/s1. The molecular weight excluding hydrogens is 412 g/mol. The van der Waals surface area contributed by atoms with Crippen LogP contribution >= 0.6 is 0 Å². The molecule has 166 valence electrons. The largest absolute Gasteiger partial charge is 0.383 e. The maximum atomic E-state index is 13.0. The Balaban J connectivity index is 1.50. The van der Waals surface area contributed by atoms with E-state index in [1.165, 1.54) is 22.3 Å². The van der Waals surface area contributed by atoms with E-state index in [1.54, 1.807) is 19.2 Å². The van der Waals surface area contributed by atoms with Gasteiger partial charge in [-0.05, 0) is 78.5 Å². The molecule has 8 heteroatoms. The lowest BCUT2D eigenvalue weighted by Crippen LogP contribution is -2.20. The van der Waals surface area contributed by atoms with Crippen molar-refractivity contribution in [3.63, 3.8) is 0 Å². The van der Waals surface area contributed by atoms with E-state index in [9.17, 15) is 9.00 Å². The maximum Gasteiger partial charge on any atom is 0.354 e. The van der Waals surface area contributed by atoms with Gasteiger partial charge >= 0.3 is 6.03 Å². The lowest BCUT2D eigenvalue weighted by atomic mass is 9.99. The molecule has 0 heterocycles. The van der Waals surface area contributed by atoms with Crippen LogP contribution in [0.3, 0.4) is 0 Å². The third-order valence-corrected chi connectivity index (χ3v) is 7.38. The van der Waals surface area contributed by atoms with Gasteiger partial charge in [-0.25, -0.2) is 14.1 Å². The van der Waals surface area contributed by atoms with Gasteiger partial charge in [-0.1, -0.05) is 18.2 Å². The van der Waals surface area contributed by atoms with Crippen molar-refractivity contribution in [2.75, 3.05) is 25.6 Å². The maximum absolute atomic E-state index is 13.0. The SMILES string of the molecule is COCCNCc1ccc([S@](N)(=O)=NC(=O)Nc2c3c(cc4c2CCC4)CCC3)cc1. The molecule has 0 saturated heterocycles. The molecule has 2 aromatic rings. The van der Waals surface area contributed by atoms with Crippen LogP contribution in [0, 0.1) is 0 Å². The van der Waals surface area contributed by atoms with E-state index in [0.29, 0.717) is 18.0 Å². The first-order valence-corrected chi connectivity index (χ1v) is 12.4. The summed E-state index contributed by atoms with van der Waals surface area (Å²) < 4.78 is 21.9. The number of methoxy groups -OCH3 is 1. The fraction of sp³-hybridized carbons (Fsp3) is 0.435. The Morgan fingerprint density at radius 3 is 2.35 bits per heavy atom. The molecule has 4 N–H and O–H groups in total. The second kappa shape index (κ2) is 9.48. The molecule has 0 fully saturated rings. The average Bonchev–Trinajstić information content (AvgIpc) is 3.40. The topological polar surface area (TPSA) is 106 Å². The number of nitrogens with one attached hydrogen (secondary N) is 2. The second-order valence-corrected chi connectivity index (χ2v) is 9.93. The second-order valence-electron chi connectivity index (χ2n) is 8.14. The van der Waals surface area contributed by atoms with Gasteiger partial charge in [0.1, 0.15) is 9.92 Å². The first kappa shape index (κ1) is 22.0. The van der Waals surface area contributed by atoms with Crippen molar-refractivity contribution >= 4 is 21.6 Å². The van der Waals surface area contributed by atoms with Crippen LogP contribution in [-0.2, 0) is 46.9 Å². The molecule has 2 aliphatic carbocycles. The molecule has 0 aromatic heterocycles.